The second-order valence-corrected chi connectivity index (χ2v) is 12.9. The summed E-state index contributed by atoms with van der Waals surface area (Å²) in [5.74, 6) is 1.86. The van der Waals surface area contributed by atoms with Crippen molar-refractivity contribution in [1.29, 1.82) is 0 Å². The summed E-state index contributed by atoms with van der Waals surface area (Å²) < 4.78 is 13.2. The third-order valence-corrected chi connectivity index (χ3v) is 10.7. The van der Waals surface area contributed by atoms with Gasteiger partial charge in [-0.2, -0.15) is 4.98 Å². The van der Waals surface area contributed by atoms with Crippen LogP contribution in [0.4, 0.5) is 0 Å². The highest BCUT2D eigenvalue weighted by atomic mass is 16.5. The summed E-state index contributed by atoms with van der Waals surface area (Å²) in [6.45, 7) is 4.69. The summed E-state index contributed by atoms with van der Waals surface area (Å²) in [4.78, 5) is 27.6. The van der Waals surface area contributed by atoms with E-state index in [1.54, 1.807) is 26.4 Å². The Morgan fingerprint density at radius 3 is 2.27 bits per heavy atom. The monoisotopic (exact) mass is 593 g/mol. The maximum Gasteiger partial charge on any atom is 0.259 e. The molecule has 1 amide bonds. The van der Waals surface area contributed by atoms with Gasteiger partial charge in [0.1, 0.15) is 11.4 Å². The highest BCUT2D eigenvalue weighted by Gasteiger charge is 2.44. The SMILES string of the molecule is COc1ccc(C(=O)N2CCC(CCN3[C@@H]4CC[C@H]3CC(n3c(C)nc5ccccc53)C4)(c3ccccc3)CC2)c(OC)n1. The van der Waals surface area contributed by atoms with Crippen LogP contribution in [-0.2, 0) is 5.41 Å². The quantitative estimate of drug-likeness (QED) is 0.243. The van der Waals surface area contributed by atoms with E-state index in [4.69, 9.17) is 14.5 Å². The second kappa shape index (κ2) is 11.9. The fourth-order valence-corrected chi connectivity index (χ4v) is 8.43. The first-order valence-corrected chi connectivity index (χ1v) is 16.1. The molecule has 0 saturated carbocycles. The first-order valence-electron chi connectivity index (χ1n) is 16.1. The van der Waals surface area contributed by atoms with Crippen molar-refractivity contribution < 1.29 is 14.3 Å². The number of aryl methyl sites for hydroxylation is 1. The Kier molecular flexibility index (Phi) is 7.79. The number of carbonyl (C=O) groups is 1. The van der Waals surface area contributed by atoms with Gasteiger partial charge in [0.05, 0.1) is 25.3 Å². The van der Waals surface area contributed by atoms with Gasteiger partial charge in [0, 0.05) is 37.3 Å². The second-order valence-electron chi connectivity index (χ2n) is 12.9. The van der Waals surface area contributed by atoms with Gasteiger partial charge in [-0.3, -0.25) is 9.69 Å². The molecule has 0 aliphatic carbocycles. The molecular formula is C36H43N5O3. The smallest absolute Gasteiger partial charge is 0.259 e. The minimum absolute atomic E-state index is 0.0268. The number of hydrogen-bond donors (Lipinski definition) is 0. The van der Waals surface area contributed by atoms with Crippen molar-refractivity contribution in [3.63, 3.8) is 0 Å². The standard InChI is InChI=1S/C36H43N5O3/c1-25-37-31-11-7-8-12-32(31)41(25)29-23-27-13-14-28(24-29)40(27)22-19-36(26-9-5-4-6-10-26)17-20-39(21-18-36)35(42)30-15-16-33(43-2)38-34(30)44-3/h4-12,15-16,27-29H,13-14,17-24H2,1-3H3/t27-,28+,29?. The summed E-state index contributed by atoms with van der Waals surface area (Å²) in [5, 5.41) is 0. The lowest BCUT2D eigenvalue weighted by Gasteiger charge is -2.45. The maximum atomic E-state index is 13.6. The number of ether oxygens (including phenoxy) is 2. The van der Waals surface area contributed by atoms with Crippen molar-refractivity contribution in [3.05, 3.63) is 83.7 Å². The Balaban J connectivity index is 1.06. The van der Waals surface area contributed by atoms with Gasteiger partial charge in [-0.05, 0) is 87.6 Å². The molecule has 2 bridgehead atoms. The Hall–Kier alpha value is -3.91. The van der Waals surface area contributed by atoms with Crippen LogP contribution in [-0.4, -0.2) is 76.2 Å². The number of carbonyl (C=O) groups excluding carboxylic acids is 1. The van der Waals surface area contributed by atoms with Crippen LogP contribution in [0.5, 0.6) is 11.8 Å². The molecule has 230 valence electrons. The summed E-state index contributed by atoms with van der Waals surface area (Å²) in [7, 11) is 3.11. The van der Waals surface area contributed by atoms with Gasteiger partial charge in [-0.25, -0.2) is 4.98 Å². The fraction of sp³-hybridized carbons (Fsp3) is 0.472. The van der Waals surface area contributed by atoms with Gasteiger partial charge >= 0.3 is 0 Å². The predicted octanol–water partition coefficient (Wildman–Crippen LogP) is 6.19. The van der Waals surface area contributed by atoms with Gasteiger partial charge < -0.3 is 18.9 Å². The van der Waals surface area contributed by atoms with Crippen molar-refractivity contribution in [2.75, 3.05) is 33.9 Å². The molecule has 44 heavy (non-hydrogen) atoms. The topological polar surface area (TPSA) is 72.7 Å². The maximum absolute atomic E-state index is 13.6. The molecule has 2 aromatic heterocycles. The summed E-state index contributed by atoms with van der Waals surface area (Å²) >= 11 is 0. The Labute approximate surface area is 260 Å². The minimum Gasteiger partial charge on any atom is -0.481 e. The fourth-order valence-electron chi connectivity index (χ4n) is 8.43. The molecule has 3 atom stereocenters. The van der Waals surface area contributed by atoms with Crippen LogP contribution in [0, 0.1) is 6.92 Å². The third kappa shape index (κ3) is 5.13. The number of amides is 1. The lowest BCUT2D eigenvalue weighted by Crippen LogP contribution is -2.49. The molecule has 2 aromatic carbocycles. The van der Waals surface area contributed by atoms with Gasteiger partial charge in [0.2, 0.25) is 11.8 Å². The zero-order valence-corrected chi connectivity index (χ0v) is 26.1. The van der Waals surface area contributed by atoms with E-state index in [0.29, 0.717) is 48.5 Å². The van der Waals surface area contributed by atoms with Crippen LogP contribution in [0.3, 0.4) is 0 Å². The molecule has 3 aliphatic heterocycles. The Morgan fingerprint density at radius 2 is 1.57 bits per heavy atom. The van der Waals surface area contributed by atoms with Crippen molar-refractivity contribution >= 4 is 16.9 Å². The van der Waals surface area contributed by atoms with Crippen molar-refractivity contribution in [2.24, 2.45) is 0 Å². The molecule has 4 aromatic rings. The van der Waals surface area contributed by atoms with Crippen LogP contribution >= 0.6 is 0 Å². The molecule has 8 nitrogen and oxygen atoms in total. The molecule has 0 radical (unpaired) electrons. The Bertz CT molecular complexity index is 1610. The van der Waals surface area contributed by atoms with E-state index in [0.717, 1.165) is 37.1 Å². The normalized spacial score (nSPS) is 23.2. The molecule has 0 N–H and O–H groups in total. The van der Waals surface area contributed by atoms with E-state index in [1.165, 1.54) is 36.8 Å². The number of rotatable bonds is 8. The van der Waals surface area contributed by atoms with E-state index in [-0.39, 0.29) is 11.3 Å². The summed E-state index contributed by atoms with van der Waals surface area (Å²) in [6, 6.07) is 24.8. The molecule has 3 fully saturated rings. The summed E-state index contributed by atoms with van der Waals surface area (Å²) in [5.41, 5.74) is 4.32. The highest BCUT2D eigenvalue weighted by Crippen LogP contribution is 2.45. The number of benzene rings is 2. The van der Waals surface area contributed by atoms with Gasteiger partial charge in [0.25, 0.3) is 5.91 Å². The molecule has 1 unspecified atom stereocenters. The lowest BCUT2D eigenvalue weighted by atomic mass is 9.70. The molecule has 5 heterocycles. The van der Waals surface area contributed by atoms with Crippen LogP contribution < -0.4 is 9.47 Å². The van der Waals surface area contributed by atoms with Crippen LogP contribution in [0.2, 0.25) is 0 Å². The van der Waals surface area contributed by atoms with Crippen molar-refractivity contribution in [1.82, 2.24) is 24.3 Å². The molecule has 3 saturated heterocycles. The molecular weight excluding hydrogens is 550 g/mol. The molecule has 3 aliphatic rings. The zero-order valence-electron chi connectivity index (χ0n) is 26.1. The van der Waals surface area contributed by atoms with Crippen LogP contribution in [0.1, 0.15) is 72.7 Å². The number of fused-ring (bicyclic) bond motifs is 3. The third-order valence-electron chi connectivity index (χ3n) is 10.7. The van der Waals surface area contributed by atoms with Crippen LogP contribution in [0.15, 0.2) is 66.7 Å². The first-order chi connectivity index (χ1) is 21.5. The predicted molar refractivity (Wildman–Crippen MR) is 171 cm³/mol. The minimum atomic E-state index is -0.0268. The van der Waals surface area contributed by atoms with E-state index < -0.39 is 0 Å². The number of hydrogen-bond acceptors (Lipinski definition) is 6. The average Bonchev–Trinajstić information content (AvgIpc) is 3.53. The lowest BCUT2D eigenvalue weighted by molar-refractivity contribution is 0.0603. The number of nitrogens with zero attached hydrogens (tertiary/aromatic N) is 5. The van der Waals surface area contributed by atoms with E-state index in [1.807, 2.05) is 4.90 Å². The van der Waals surface area contributed by atoms with Gasteiger partial charge in [-0.1, -0.05) is 42.5 Å². The number of likely N-dealkylation sites (tertiary alicyclic amines) is 1. The average molecular weight is 594 g/mol. The van der Waals surface area contributed by atoms with Crippen LogP contribution in [0.25, 0.3) is 11.0 Å². The number of pyridine rings is 1. The number of para-hydroxylation sites is 2. The summed E-state index contributed by atoms with van der Waals surface area (Å²) in [6.07, 6.45) is 7.95. The van der Waals surface area contributed by atoms with E-state index in [2.05, 4.69) is 76.0 Å². The van der Waals surface area contributed by atoms with Crippen molar-refractivity contribution in [2.45, 2.75) is 75.4 Å². The molecule has 8 heteroatoms. The molecule has 0 spiro atoms. The molecule has 7 rings (SSSR count). The number of imidazole rings is 1. The number of aromatic nitrogens is 3. The van der Waals surface area contributed by atoms with E-state index in [9.17, 15) is 4.79 Å². The van der Waals surface area contributed by atoms with Crippen molar-refractivity contribution in [3.8, 4) is 11.8 Å². The number of piperidine rings is 2. The van der Waals surface area contributed by atoms with Gasteiger partial charge in [0.15, 0.2) is 0 Å². The first kappa shape index (κ1) is 28.8. The Morgan fingerprint density at radius 1 is 0.864 bits per heavy atom. The largest absolute Gasteiger partial charge is 0.481 e. The highest BCUT2D eigenvalue weighted by molar-refractivity contribution is 5.96. The van der Waals surface area contributed by atoms with Gasteiger partial charge in [-0.15, -0.1) is 0 Å². The zero-order chi connectivity index (χ0) is 30.3. The van der Waals surface area contributed by atoms with E-state index >= 15 is 0 Å². The number of methoxy groups -OCH3 is 2.